The Bertz CT molecular complexity index is 407. The Balaban J connectivity index is 2.62. The molecule has 1 aromatic rings. The first-order valence-electron chi connectivity index (χ1n) is 4.48. The molecule has 0 bridgehead atoms. The van der Waals surface area contributed by atoms with E-state index < -0.39 is 5.97 Å². The molecule has 1 rings (SSSR count). The van der Waals surface area contributed by atoms with E-state index in [4.69, 9.17) is 33.0 Å². The normalized spacial score (nSPS) is 11.3. The molecule has 0 aliphatic rings. The summed E-state index contributed by atoms with van der Waals surface area (Å²) in [5, 5.41) is 9.55. The second-order valence-electron chi connectivity index (χ2n) is 3.11. The molecule has 0 spiro atoms. The van der Waals surface area contributed by atoms with Gasteiger partial charge in [-0.2, -0.15) is 0 Å². The molecule has 86 valence electrons. The lowest BCUT2D eigenvalue weighted by atomic mass is 10.3. The van der Waals surface area contributed by atoms with Gasteiger partial charge in [0.25, 0.3) is 0 Å². The van der Waals surface area contributed by atoms with E-state index in [0.29, 0.717) is 15.8 Å². The number of hydrogen-bond donors (Lipinski definition) is 1. The van der Waals surface area contributed by atoms with Crippen molar-refractivity contribution in [2.45, 2.75) is 6.92 Å². The summed E-state index contributed by atoms with van der Waals surface area (Å²) in [6.45, 7) is 1.66. The van der Waals surface area contributed by atoms with E-state index in [2.05, 4.69) is 0 Å². The van der Waals surface area contributed by atoms with Gasteiger partial charge in [-0.15, -0.1) is 0 Å². The molecule has 1 aromatic carbocycles. The fourth-order valence-corrected chi connectivity index (χ4v) is 1.47. The molecular weight excluding hydrogens is 251 g/mol. The summed E-state index contributed by atoms with van der Waals surface area (Å²) in [6, 6.07) is 4.81. The van der Waals surface area contributed by atoms with Gasteiger partial charge in [0.15, 0.2) is 0 Å². The average molecular weight is 261 g/mol. The smallest absolute Gasteiger partial charge is 0.331 e. The number of benzene rings is 1. The zero-order chi connectivity index (χ0) is 12.1. The molecular formula is C11H10Cl2O3. The van der Waals surface area contributed by atoms with Crippen LogP contribution in [0.2, 0.25) is 10.0 Å². The third kappa shape index (κ3) is 4.13. The highest BCUT2D eigenvalue weighted by Crippen LogP contribution is 2.24. The summed E-state index contributed by atoms with van der Waals surface area (Å²) in [6.07, 6.45) is 1.47. The highest BCUT2D eigenvalue weighted by molar-refractivity contribution is 6.34. The van der Waals surface area contributed by atoms with Gasteiger partial charge in [0.05, 0.1) is 0 Å². The number of carboxylic acids is 1. The summed E-state index contributed by atoms with van der Waals surface area (Å²) in [5.74, 6) is -0.459. The summed E-state index contributed by atoms with van der Waals surface area (Å²) in [5.41, 5.74) is 0.230. The van der Waals surface area contributed by atoms with Gasteiger partial charge >= 0.3 is 5.97 Å². The van der Waals surface area contributed by atoms with Gasteiger partial charge in [0.1, 0.15) is 12.4 Å². The Morgan fingerprint density at radius 3 is 2.44 bits per heavy atom. The predicted octanol–water partition coefficient (Wildman–Crippen LogP) is 3.40. The Morgan fingerprint density at radius 2 is 1.94 bits per heavy atom. The van der Waals surface area contributed by atoms with Crippen LogP contribution in [0, 0.1) is 0 Å². The molecule has 0 atom stereocenters. The Morgan fingerprint density at radius 1 is 1.38 bits per heavy atom. The fourth-order valence-electron chi connectivity index (χ4n) is 0.962. The minimum atomic E-state index is -0.965. The van der Waals surface area contributed by atoms with Crippen LogP contribution in [0.3, 0.4) is 0 Å². The number of carbonyl (C=O) groups is 1. The molecule has 0 fully saturated rings. The maximum Gasteiger partial charge on any atom is 0.331 e. The highest BCUT2D eigenvalue weighted by atomic mass is 35.5. The average Bonchev–Trinajstić information content (AvgIpc) is 2.15. The monoisotopic (exact) mass is 260 g/mol. The van der Waals surface area contributed by atoms with Crippen LogP contribution in [0.1, 0.15) is 6.92 Å². The molecule has 0 aromatic heterocycles. The summed E-state index contributed by atoms with van der Waals surface area (Å²) >= 11 is 11.5. The van der Waals surface area contributed by atoms with Crippen LogP contribution >= 0.6 is 23.2 Å². The van der Waals surface area contributed by atoms with E-state index in [1.165, 1.54) is 13.0 Å². The topological polar surface area (TPSA) is 46.5 Å². The Labute approximate surface area is 103 Å². The second kappa shape index (κ2) is 5.77. The maximum atomic E-state index is 10.5. The fraction of sp³-hybridized carbons (Fsp3) is 0.182. The van der Waals surface area contributed by atoms with Crippen molar-refractivity contribution < 1.29 is 14.6 Å². The number of hydrogen-bond acceptors (Lipinski definition) is 2. The van der Waals surface area contributed by atoms with Gasteiger partial charge in [-0.1, -0.05) is 23.2 Å². The largest absolute Gasteiger partial charge is 0.489 e. The van der Waals surface area contributed by atoms with Crippen molar-refractivity contribution in [3.05, 3.63) is 39.9 Å². The number of aliphatic carboxylic acids is 1. The lowest BCUT2D eigenvalue weighted by molar-refractivity contribution is -0.132. The zero-order valence-corrected chi connectivity index (χ0v) is 10.0. The Kier molecular flexibility index (Phi) is 4.65. The first-order valence-corrected chi connectivity index (χ1v) is 5.23. The maximum absolute atomic E-state index is 10.5. The third-order valence-corrected chi connectivity index (χ3v) is 2.25. The Hall–Kier alpha value is -1.19. The van der Waals surface area contributed by atoms with E-state index in [1.807, 2.05) is 0 Å². The van der Waals surface area contributed by atoms with Crippen molar-refractivity contribution in [3.8, 4) is 5.75 Å². The van der Waals surface area contributed by atoms with E-state index in [9.17, 15) is 4.79 Å². The van der Waals surface area contributed by atoms with Crippen molar-refractivity contribution in [2.75, 3.05) is 6.61 Å². The SMILES string of the molecule is CC(=CCOc1cc(Cl)cc(Cl)c1)C(=O)O. The molecule has 5 heteroatoms. The van der Waals surface area contributed by atoms with Crippen molar-refractivity contribution in [1.82, 2.24) is 0 Å². The van der Waals surface area contributed by atoms with Gasteiger partial charge in [-0.05, 0) is 31.2 Å². The van der Waals surface area contributed by atoms with Crippen LogP contribution in [0.4, 0.5) is 0 Å². The van der Waals surface area contributed by atoms with Gasteiger partial charge in [0, 0.05) is 15.6 Å². The quantitative estimate of drug-likeness (QED) is 0.845. The van der Waals surface area contributed by atoms with E-state index in [0.717, 1.165) is 0 Å². The summed E-state index contributed by atoms with van der Waals surface area (Å²) < 4.78 is 5.28. The molecule has 16 heavy (non-hydrogen) atoms. The van der Waals surface area contributed by atoms with Crippen molar-refractivity contribution in [3.63, 3.8) is 0 Å². The van der Waals surface area contributed by atoms with Gasteiger partial charge < -0.3 is 9.84 Å². The number of ether oxygens (including phenoxy) is 1. The standard InChI is InChI=1S/C11H10Cl2O3/c1-7(11(14)15)2-3-16-10-5-8(12)4-9(13)6-10/h2,4-6H,3H2,1H3,(H,14,15). The van der Waals surface area contributed by atoms with Crippen LogP contribution in [-0.2, 0) is 4.79 Å². The van der Waals surface area contributed by atoms with Gasteiger partial charge in [-0.25, -0.2) is 4.79 Å². The third-order valence-electron chi connectivity index (χ3n) is 1.81. The summed E-state index contributed by atoms with van der Waals surface area (Å²) in [4.78, 5) is 10.5. The zero-order valence-electron chi connectivity index (χ0n) is 8.54. The van der Waals surface area contributed by atoms with Gasteiger partial charge in [0.2, 0.25) is 0 Å². The highest BCUT2D eigenvalue weighted by Gasteiger charge is 2.00. The molecule has 0 heterocycles. The minimum absolute atomic E-state index is 0.162. The first kappa shape index (κ1) is 12.9. The molecule has 0 saturated heterocycles. The minimum Gasteiger partial charge on any atom is -0.489 e. The van der Waals surface area contributed by atoms with Crippen LogP contribution in [0.25, 0.3) is 0 Å². The van der Waals surface area contributed by atoms with Crippen molar-refractivity contribution >= 4 is 29.2 Å². The molecule has 1 N–H and O–H groups in total. The molecule has 0 aliphatic heterocycles. The van der Waals surface area contributed by atoms with Crippen molar-refractivity contribution in [1.29, 1.82) is 0 Å². The van der Waals surface area contributed by atoms with Crippen LogP contribution < -0.4 is 4.74 Å². The molecule has 0 aliphatic carbocycles. The molecule has 0 saturated carbocycles. The first-order chi connectivity index (χ1) is 7.49. The predicted molar refractivity (Wildman–Crippen MR) is 63.3 cm³/mol. The van der Waals surface area contributed by atoms with E-state index >= 15 is 0 Å². The van der Waals surface area contributed by atoms with E-state index in [1.54, 1.807) is 18.2 Å². The van der Waals surface area contributed by atoms with Crippen molar-refractivity contribution in [2.24, 2.45) is 0 Å². The molecule has 3 nitrogen and oxygen atoms in total. The number of halogens is 2. The molecule has 0 amide bonds. The van der Waals surface area contributed by atoms with Crippen LogP contribution in [-0.4, -0.2) is 17.7 Å². The van der Waals surface area contributed by atoms with Crippen LogP contribution in [0.15, 0.2) is 29.8 Å². The second-order valence-corrected chi connectivity index (χ2v) is 3.98. The van der Waals surface area contributed by atoms with E-state index in [-0.39, 0.29) is 12.2 Å². The summed E-state index contributed by atoms with van der Waals surface area (Å²) in [7, 11) is 0. The van der Waals surface area contributed by atoms with Crippen LogP contribution in [0.5, 0.6) is 5.75 Å². The van der Waals surface area contributed by atoms with Gasteiger partial charge in [-0.3, -0.25) is 0 Å². The number of rotatable bonds is 4. The lowest BCUT2D eigenvalue weighted by Crippen LogP contribution is -2.00. The molecule has 0 unspecified atom stereocenters. The lowest BCUT2D eigenvalue weighted by Gasteiger charge is -2.04. The number of carboxylic acid groups (broad SMARTS) is 1. The molecule has 0 radical (unpaired) electrons.